The van der Waals surface area contributed by atoms with E-state index in [0.717, 1.165) is 12.2 Å². The number of nitrogens with one attached hydrogen (secondary N) is 1. The highest BCUT2D eigenvalue weighted by molar-refractivity contribution is 7.99. The molecule has 70 valence electrons. The van der Waals surface area contributed by atoms with Crippen molar-refractivity contribution in [2.24, 2.45) is 0 Å². The van der Waals surface area contributed by atoms with Gasteiger partial charge in [0, 0.05) is 11.8 Å². The van der Waals surface area contributed by atoms with Gasteiger partial charge in [0.15, 0.2) is 5.82 Å². The second-order valence-corrected chi connectivity index (χ2v) is 4.08. The second kappa shape index (κ2) is 3.91. The molecule has 1 aliphatic heterocycles. The predicted molar refractivity (Wildman–Crippen MR) is 51.3 cm³/mol. The second-order valence-electron chi connectivity index (χ2n) is 2.93. The highest BCUT2D eigenvalue weighted by atomic mass is 32.2. The minimum absolute atomic E-state index is 0.397. The number of hydrogen-bond acceptors (Lipinski definition) is 4. The van der Waals surface area contributed by atoms with E-state index in [1.165, 1.54) is 18.1 Å². The van der Waals surface area contributed by atoms with Crippen molar-refractivity contribution in [3.63, 3.8) is 0 Å². The maximum atomic E-state index is 12.4. The van der Waals surface area contributed by atoms with Crippen LogP contribution in [0.1, 0.15) is 6.42 Å². The lowest BCUT2D eigenvalue weighted by Crippen LogP contribution is -2.19. The van der Waals surface area contributed by atoms with E-state index >= 15 is 0 Å². The largest absolute Gasteiger partial charge is 0.351 e. The first-order valence-corrected chi connectivity index (χ1v) is 5.32. The lowest BCUT2D eigenvalue weighted by molar-refractivity contribution is 0.613. The number of nitrogens with zero attached hydrogens (tertiary/aromatic N) is 2. The van der Waals surface area contributed by atoms with Crippen molar-refractivity contribution in [1.82, 2.24) is 9.97 Å². The van der Waals surface area contributed by atoms with E-state index in [1.54, 1.807) is 0 Å². The molecule has 1 saturated heterocycles. The van der Waals surface area contributed by atoms with Crippen LogP contribution in [0.25, 0.3) is 0 Å². The highest BCUT2D eigenvalue weighted by Crippen LogP contribution is 2.19. The molecule has 0 saturated carbocycles. The molecule has 1 atom stereocenters. The molecular weight excluding hydrogens is 189 g/mol. The maximum absolute atomic E-state index is 12.4. The Labute approximate surface area is 80.2 Å². The number of aromatic nitrogens is 2. The fraction of sp³-hybridized carbons (Fsp3) is 0.500. The lowest BCUT2D eigenvalue weighted by Gasteiger charge is -2.09. The molecule has 1 N–H and O–H groups in total. The van der Waals surface area contributed by atoms with Crippen LogP contribution in [-0.4, -0.2) is 27.5 Å². The van der Waals surface area contributed by atoms with Crippen molar-refractivity contribution in [2.75, 3.05) is 16.8 Å². The van der Waals surface area contributed by atoms with Gasteiger partial charge in [-0.15, -0.1) is 0 Å². The summed E-state index contributed by atoms with van der Waals surface area (Å²) in [6, 6.07) is 0.440. The zero-order valence-corrected chi connectivity index (χ0v) is 7.85. The van der Waals surface area contributed by atoms with Crippen LogP contribution in [0.4, 0.5) is 10.3 Å². The molecule has 0 spiro atoms. The van der Waals surface area contributed by atoms with Gasteiger partial charge in [-0.3, -0.25) is 0 Å². The molecule has 0 unspecified atom stereocenters. The molecule has 2 rings (SSSR count). The third-order valence-electron chi connectivity index (χ3n) is 1.88. The van der Waals surface area contributed by atoms with Gasteiger partial charge in [-0.25, -0.2) is 14.4 Å². The summed E-state index contributed by atoms with van der Waals surface area (Å²) in [5.74, 6) is 2.39. The molecule has 0 aliphatic carbocycles. The van der Waals surface area contributed by atoms with E-state index in [9.17, 15) is 4.39 Å². The summed E-state index contributed by atoms with van der Waals surface area (Å²) in [5.41, 5.74) is 0. The fourth-order valence-electron chi connectivity index (χ4n) is 1.22. The first kappa shape index (κ1) is 8.74. The van der Waals surface area contributed by atoms with E-state index in [2.05, 4.69) is 15.3 Å². The van der Waals surface area contributed by atoms with Crippen LogP contribution in [0, 0.1) is 5.82 Å². The van der Waals surface area contributed by atoms with E-state index < -0.39 is 5.82 Å². The van der Waals surface area contributed by atoms with Crippen molar-refractivity contribution >= 4 is 17.7 Å². The normalized spacial score (nSPS) is 21.8. The van der Waals surface area contributed by atoms with Crippen molar-refractivity contribution in [2.45, 2.75) is 12.5 Å². The van der Waals surface area contributed by atoms with Gasteiger partial charge in [-0.05, 0) is 12.2 Å². The van der Waals surface area contributed by atoms with Gasteiger partial charge in [0.25, 0.3) is 0 Å². The summed E-state index contributed by atoms with van der Waals surface area (Å²) >= 11 is 1.91. The van der Waals surface area contributed by atoms with E-state index in [-0.39, 0.29) is 0 Å². The number of halogens is 1. The van der Waals surface area contributed by atoms with E-state index in [1.807, 2.05) is 11.8 Å². The third-order valence-corrected chi connectivity index (χ3v) is 3.05. The molecule has 0 bridgehead atoms. The monoisotopic (exact) mass is 199 g/mol. The third kappa shape index (κ3) is 2.30. The van der Waals surface area contributed by atoms with Crippen LogP contribution in [0.5, 0.6) is 0 Å². The van der Waals surface area contributed by atoms with Crippen LogP contribution in [0.2, 0.25) is 0 Å². The first-order valence-electron chi connectivity index (χ1n) is 4.16. The topological polar surface area (TPSA) is 37.8 Å². The molecule has 13 heavy (non-hydrogen) atoms. The zero-order chi connectivity index (χ0) is 9.10. The molecular formula is C8H10FN3S. The lowest BCUT2D eigenvalue weighted by atomic mass is 10.3. The smallest absolute Gasteiger partial charge is 0.223 e. The SMILES string of the molecule is Fc1cnc(N[C@H]2CCSC2)nc1. The summed E-state index contributed by atoms with van der Waals surface area (Å²) in [5, 5.41) is 3.16. The summed E-state index contributed by atoms with van der Waals surface area (Å²) in [4.78, 5) is 7.67. The Morgan fingerprint density at radius 2 is 2.23 bits per heavy atom. The Hall–Kier alpha value is -0.840. The summed E-state index contributed by atoms with van der Waals surface area (Å²) < 4.78 is 12.4. The standard InChI is InChI=1S/C8H10FN3S/c9-6-3-10-8(11-4-6)12-7-1-2-13-5-7/h3-4,7H,1-2,5H2,(H,10,11,12)/t7-/m0/s1. The summed E-state index contributed by atoms with van der Waals surface area (Å²) in [6.45, 7) is 0. The molecule has 1 aromatic heterocycles. The van der Waals surface area contributed by atoms with Gasteiger partial charge >= 0.3 is 0 Å². The van der Waals surface area contributed by atoms with E-state index in [4.69, 9.17) is 0 Å². The Kier molecular flexibility index (Phi) is 2.63. The number of hydrogen-bond donors (Lipinski definition) is 1. The van der Waals surface area contributed by atoms with Crippen LogP contribution in [0.3, 0.4) is 0 Å². The van der Waals surface area contributed by atoms with Gasteiger partial charge in [-0.1, -0.05) is 0 Å². The van der Waals surface area contributed by atoms with Crippen LogP contribution < -0.4 is 5.32 Å². The maximum Gasteiger partial charge on any atom is 0.223 e. The number of thioether (sulfide) groups is 1. The van der Waals surface area contributed by atoms with Gasteiger partial charge in [-0.2, -0.15) is 11.8 Å². The van der Waals surface area contributed by atoms with Crippen molar-refractivity contribution in [3.05, 3.63) is 18.2 Å². The van der Waals surface area contributed by atoms with Gasteiger partial charge in [0.2, 0.25) is 5.95 Å². The minimum Gasteiger partial charge on any atom is -0.351 e. The minimum atomic E-state index is -0.397. The van der Waals surface area contributed by atoms with Gasteiger partial charge in [0.1, 0.15) is 0 Å². The Bertz CT molecular complexity index is 271. The van der Waals surface area contributed by atoms with Crippen LogP contribution >= 0.6 is 11.8 Å². The summed E-state index contributed by atoms with van der Waals surface area (Å²) in [6.07, 6.45) is 3.49. The average Bonchev–Trinajstić information content (AvgIpc) is 2.62. The quantitative estimate of drug-likeness (QED) is 0.784. The Morgan fingerprint density at radius 3 is 2.85 bits per heavy atom. The molecule has 0 aromatic carbocycles. The van der Waals surface area contributed by atoms with Crippen molar-refractivity contribution < 1.29 is 4.39 Å². The van der Waals surface area contributed by atoms with E-state index in [0.29, 0.717) is 12.0 Å². The molecule has 0 radical (unpaired) electrons. The molecule has 1 fully saturated rings. The molecule has 3 nitrogen and oxygen atoms in total. The van der Waals surface area contributed by atoms with Gasteiger partial charge < -0.3 is 5.32 Å². The van der Waals surface area contributed by atoms with Crippen LogP contribution in [0.15, 0.2) is 12.4 Å². The molecule has 5 heteroatoms. The Morgan fingerprint density at radius 1 is 1.46 bits per heavy atom. The molecule has 0 amide bonds. The number of rotatable bonds is 2. The van der Waals surface area contributed by atoms with Crippen molar-refractivity contribution in [3.8, 4) is 0 Å². The zero-order valence-electron chi connectivity index (χ0n) is 7.03. The van der Waals surface area contributed by atoms with Gasteiger partial charge in [0.05, 0.1) is 12.4 Å². The number of anilines is 1. The first-order chi connectivity index (χ1) is 6.34. The van der Waals surface area contributed by atoms with Crippen LogP contribution in [-0.2, 0) is 0 Å². The Balaban J connectivity index is 1.97. The molecule has 2 heterocycles. The fourth-order valence-corrected chi connectivity index (χ4v) is 2.37. The average molecular weight is 199 g/mol. The molecule has 1 aliphatic rings. The predicted octanol–water partition coefficient (Wildman–Crippen LogP) is 1.53. The highest BCUT2D eigenvalue weighted by Gasteiger charge is 2.15. The summed E-state index contributed by atoms with van der Waals surface area (Å²) in [7, 11) is 0. The van der Waals surface area contributed by atoms with Crippen molar-refractivity contribution in [1.29, 1.82) is 0 Å². The molecule has 1 aromatic rings.